The Labute approximate surface area is 117 Å². The van der Waals surface area contributed by atoms with Crippen molar-refractivity contribution >= 4 is 5.91 Å². The maximum absolute atomic E-state index is 11.6. The first kappa shape index (κ1) is 16.4. The van der Waals surface area contributed by atoms with Crippen molar-refractivity contribution in [3.8, 4) is 0 Å². The van der Waals surface area contributed by atoms with Crippen LogP contribution in [0.2, 0.25) is 0 Å². The largest absolute Gasteiger partial charge is 0.378 e. The van der Waals surface area contributed by atoms with Crippen LogP contribution in [-0.4, -0.2) is 30.2 Å². The number of hydrogen-bond acceptors (Lipinski definition) is 3. The molecule has 0 aromatic heterocycles. The Morgan fingerprint density at radius 3 is 2.53 bits per heavy atom. The number of nitrogens with one attached hydrogen (secondary N) is 1. The van der Waals surface area contributed by atoms with Gasteiger partial charge < -0.3 is 15.8 Å². The van der Waals surface area contributed by atoms with E-state index >= 15 is 0 Å². The van der Waals surface area contributed by atoms with Crippen molar-refractivity contribution in [2.24, 2.45) is 11.7 Å². The zero-order valence-electron chi connectivity index (χ0n) is 12.9. The minimum atomic E-state index is -0.640. The van der Waals surface area contributed by atoms with Crippen LogP contribution in [0.4, 0.5) is 0 Å². The number of primary amides is 1. The van der Waals surface area contributed by atoms with Gasteiger partial charge in [-0.15, -0.1) is 0 Å². The van der Waals surface area contributed by atoms with Crippen LogP contribution in [-0.2, 0) is 9.53 Å². The standard InChI is InChI=1S/C15H30N2O2/c1-11(2)6-5-9-19-12(3)10-15(4,14(16)18)17-13-7-8-13/h11-13,17H,5-10H2,1-4H3,(H2,16,18). The van der Waals surface area contributed by atoms with Gasteiger partial charge in [-0.2, -0.15) is 0 Å². The molecule has 0 heterocycles. The molecule has 4 nitrogen and oxygen atoms in total. The van der Waals surface area contributed by atoms with Crippen LogP contribution >= 0.6 is 0 Å². The zero-order valence-corrected chi connectivity index (χ0v) is 12.9. The Bertz CT molecular complexity index is 290. The smallest absolute Gasteiger partial charge is 0.237 e. The molecule has 0 spiro atoms. The molecule has 0 aromatic carbocycles. The van der Waals surface area contributed by atoms with Crippen LogP contribution in [0.3, 0.4) is 0 Å². The Morgan fingerprint density at radius 1 is 1.42 bits per heavy atom. The minimum Gasteiger partial charge on any atom is -0.378 e. The SMILES string of the molecule is CC(C)CCCOC(C)CC(C)(NC1CC1)C(N)=O. The van der Waals surface area contributed by atoms with Gasteiger partial charge in [0.25, 0.3) is 0 Å². The van der Waals surface area contributed by atoms with Gasteiger partial charge in [0, 0.05) is 19.1 Å². The van der Waals surface area contributed by atoms with Crippen molar-refractivity contribution in [2.45, 2.75) is 77.5 Å². The van der Waals surface area contributed by atoms with Gasteiger partial charge in [-0.05, 0) is 45.4 Å². The fourth-order valence-electron chi connectivity index (χ4n) is 2.32. The molecule has 2 unspecified atom stereocenters. The summed E-state index contributed by atoms with van der Waals surface area (Å²) < 4.78 is 5.79. The van der Waals surface area contributed by atoms with Crippen molar-refractivity contribution in [2.75, 3.05) is 6.61 Å². The monoisotopic (exact) mass is 270 g/mol. The van der Waals surface area contributed by atoms with Gasteiger partial charge in [0.05, 0.1) is 11.6 Å². The normalized spacial score (nSPS) is 20.3. The number of carbonyl (C=O) groups excluding carboxylic acids is 1. The van der Waals surface area contributed by atoms with E-state index in [0.29, 0.717) is 18.4 Å². The minimum absolute atomic E-state index is 0.0518. The molecule has 0 aromatic rings. The summed E-state index contributed by atoms with van der Waals surface area (Å²) in [6.07, 6.45) is 5.24. The molecular weight excluding hydrogens is 240 g/mol. The summed E-state index contributed by atoms with van der Waals surface area (Å²) >= 11 is 0. The Kier molecular flexibility index (Phi) is 6.27. The number of hydrogen-bond donors (Lipinski definition) is 2. The molecular formula is C15H30N2O2. The molecule has 4 heteroatoms. The van der Waals surface area contributed by atoms with Gasteiger partial charge in [0.15, 0.2) is 0 Å². The van der Waals surface area contributed by atoms with Crippen LogP contribution in [0.5, 0.6) is 0 Å². The van der Waals surface area contributed by atoms with Crippen LogP contribution in [0, 0.1) is 5.92 Å². The molecule has 1 aliphatic carbocycles. The fraction of sp³-hybridized carbons (Fsp3) is 0.933. The second-order valence-electron chi connectivity index (χ2n) is 6.54. The predicted molar refractivity (Wildman–Crippen MR) is 77.9 cm³/mol. The molecule has 2 atom stereocenters. The van der Waals surface area contributed by atoms with E-state index in [1.807, 2.05) is 13.8 Å². The van der Waals surface area contributed by atoms with Crippen LogP contribution in [0.1, 0.15) is 59.8 Å². The van der Waals surface area contributed by atoms with Crippen molar-refractivity contribution in [3.63, 3.8) is 0 Å². The summed E-state index contributed by atoms with van der Waals surface area (Å²) in [6.45, 7) is 9.10. The molecule has 1 amide bonds. The quantitative estimate of drug-likeness (QED) is 0.598. The molecule has 1 fully saturated rings. The Balaban J connectivity index is 2.30. The number of carbonyl (C=O) groups is 1. The third-order valence-electron chi connectivity index (χ3n) is 3.67. The zero-order chi connectivity index (χ0) is 14.5. The van der Waals surface area contributed by atoms with Crippen molar-refractivity contribution < 1.29 is 9.53 Å². The van der Waals surface area contributed by atoms with Gasteiger partial charge in [0.1, 0.15) is 0 Å². The Morgan fingerprint density at radius 2 is 2.05 bits per heavy atom. The van der Waals surface area contributed by atoms with Gasteiger partial charge in [0.2, 0.25) is 5.91 Å². The summed E-state index contributed by atoms with van der Waals surface area (Å²) in [6, 6.07) is 0.464. The number of nitrogens with two attached hydrogens (primary N) is 1. The molecule has 0 aliphatic heterocycles. The van der Waals surface area contributed by atoms with E-state index in [-0.39, 0.29) is 12.0 Å². The van der Waals surface area contributed by atoms with Gasteiger partial charge in [-0.25, -0.2) is 0 Å². The first-order chi connectivity index (χ1) is 8.83. The highest BCUT2D eigenvalue weighted by Gasteiger charge is 2.38. The highest BCUT2D eigenvalue weighted by molar-refractivity contribution is 5.84. The van der Waals surface area contributed by atoms with E-state index in [9.17, 15) is 4.79 Å². The molecule has 1 rings (SSSR count). The Hall–Kier alpha value is -0.610. The van der Waals surface area contributed by atoms with E-state index in [0.717, 1.165) is 25.9 Å². The summed E-state index contributed by atoms with van der Waals surface area (Å²) in [5.41, 5.74) is 4.89. The average molecular weight is 270 g/mol. The number of ether oxygens (including phenoxy) is 1. The van der Waals surface area contributed by atoms with E-state index in [2.05, 4.69) is 19.2 Å². The molecule has 0 radical (unpaired) electrons. The van der Waals surface area contributed by atoms with Crippen molar-refractivity contribution in [3.05, 3.63) is 0 Å². The lowest BCUT2D eigenvalue weighted by atomic mass is 9.93. The third kappa shape index (κ3) is 6.39. The molecule has 1 saturated carbocycles. The number of amides is 1. The van der Waals surface area contributed by atoms with Crippen LogP contribution in [0.25, 0.3) is 0 Å². The third-order valence-corrected chi connectivity index (χ3v) is 3.67. The maximum atomic E-state index is 11.6. The maximum Gasteiger partial charge on any atom is 0.237 e. The first-order valence-electron chi connectivity index (χ1n) is 7.52. The lowest BCUT2D eigenvalue weighted by Crippen LogP contribution is -2.55. The predicted octanol–water partition coefficient (Wildman–Crippen LogP) is 2.21. The van der Waals surface area contributed by atoms with Crippen LogP contribution in [0.15, 0.2) is 0 Å². The van der Waals surface area contributed by atoms with Gasteiger partial charge in [-0.3, -0.25) is 4.79 Å². The lowest BCUT2D eigenvalue weighted by molar-refractivity contribution is -0.125. The molecule has 112 valence electrons. The lowest BCUT2D eigenvalue weighted by Gasteiger charge is -2.30. The average Bonchev–Trinajstić information content (AvgIpc) is 3.07. The van der Waals surface area contributed by atoms with E-state index < -0.39 is 5.54 Å². The van der Waals surface area contributed by atoms with E-state index in [1.54, 1.807) is 0 Å². The molecule has 0 saturated heterocycles. The molecule has 19 heavy (non-hydrogen) atoms. The fourth-order valence-corrected chi connectivity index (χ4v) is 2.32. The van der Waals surface area contributed by atoms with E-state index in [1.165, 1.54) is 6.42 Å². The van der Waals surface area contributed by atoms with E-state index in [4.69, 9.17) is 10.5 Å². The summed E-state index contributed by atoms with van der Waals surface area (Å²) in [7, 11) is 0. The molecule has 1 aliphatic rings. The summed E-state index contributed by atoms with van der Waals surface area (Å²) in [4.78, 5) is 11.6. The second kappa shape index (κ2) is 7.25. The summed E-state index contributed by atoms with van der Waals surface area (Å²) in [5, 5.41) is 3.35. The first-order valence-corrected chi connectivity index (χ1v) is 7.52. The number of rotatable bonds is 10. The highest BCUT2D eigenvalue weighted by atomic mass is 16.5. The summed E-state index contributed by atoms with van der Waals surface area (Å²) in [5.74, 6) is 0.434. The van der Waals surface area contributed by atoms with Gasteiger partial charge >= 0.3 is 0 Å². The highest BCUT2D eigenvalue weighted by Crippen LogP contribution is 2.25. The second-order valence-corrected chi connectivity index (χ2v) is 6.54. The van der Waals surface area contributed by atoms with Crippen molar-refractivity contribution in [1.82, 2.24) is 5.32 Å². The molecule has 3 N–H and O–H groups in total. The van der Waals surface area contributed by atoms with Crippen LogP contribution < -0.4 is 11.1 Å². The topological polar surface area (TPSA) is 64.3 Å². The van der Waals surface area contributed by atoms with Crippen molar-refractivity contribution in [1.29, 1.82) is 0 Å². The molecule has 0 bridgehead atoms. The van der Waals surface area contributed by atoms with Gasteiger partial charge in [-0.1, -0.05) is 13.8 Å².